The number of rotatable bonds is 6. The van der Waals surface area contributed by atoms with E-state index in [-0.39, 0.29) is 11.7 Å². The third kappa shape index (κ3) is 4.63. The van der Waals surface area contributed by atoms with Crippen molar-refractivity contribution in [3.8, 4) is 0 Å². The highest BCUT2D eigenvalue weighted by Gasteiger charge is 2.07. The maximum Gasteiger partial charge on any atom is 0.256 e. The SMILES string of the molecule is O=C(Nc1ccc(NCCc2ccccc2F)cn1)c1ccc(F)cc1. The molecule has 0 bridgehead atoms. The highest BCUT2D eigenvalue weighted by molar-refractivity contribution is 6.03. The van der Waals surface area contributed by atoms with E-state index in [0.29, 0.717) is 29.9 Å². The van der Waals surface area contributed by atoms with Crippen LogP contribution in [0.4, 0.5) is 20.3 Å². The summed E-state index contributed by atoms with van der Waals surface area (Å²) in [6, 6.07) is 15.4. The predicted molar refractivity (Wildman–Crippen MR) is 97.2 cm³/mol. The number of carbonyl (C=O) groups is 1. The molecule has 0 radical (unpaired) electrons. The van der Waals surface area contributed by atoms with E-state index in [1.54, 1.807) is 36.5 Å². The lowest BCUT2D eigenvalue weighted by Gasteiger charge is -2.08. The number of amides is 1. The molecule has 1 aromatic heterocycles. The van der Waals surface area contributed by atoms with E-state index < -0.39 is 5.82 Å². The van der Waals surface area contributed by atoms with E-state index in [9.17, 15) is 13.6 Å². The number of halogens is 2. The maximum absolute atomic E-state index is 13.6. The van der Waals surface area contributed by atoms with Crippen molar-refractivity contribution >= 4 is 17.4 Å². The Bertz CT molecular complexity index is 880. The van der Waals surface area contributed by atoms with E-state index in [1.807, 2.05) is 0 Å². The number of nitrogens with one attached hydrogen (secondary N) is 2. The van der Waals surface area contributed by atoms with Crippen LogP contribution >= 0.6 is 0 Å². The van der Waals surface area contributed by atoms with Gasteiger partial charge in [-0.15, -0.1) is 0 Å². The number of carbonyl (C=O) groups excluding carboxylic acids is 1. The Morgan fingerprint density at radius 3 is 2.42 bits per heavy atom. The van der Waals surface area contributed by atoms with Crippen molar-refractivity contribution in [2.75, 3.05) is 17.2 Å². The summed E-state index contributed by atoms with van der Waals surface area (Å²) in [5.74, 6) is -0.589. The normalized spacial score (nSPS) is 10.4. The Morgan fingerprint density at radius 1 is 0.962 bits per heavy atom. The molecule has 1 heterocycles. The van der Waals surface area contributed by atoms with Crippen LogP contribution in [-0.2, 0) is 6.42 Å². The van der Waals surface area contributed by atoms with Crippen LogP contribution in [0.5, 0.6) is 0 Å². The third-order valence-corrected chi connectivity index (χ3v) is 3.79. The molecule has 2 N–H and O–H groups in total. The predicted octanol–water partition coefficient (Wildman–Crippen LogP) is 4.27. The Morgan fingerprint density at radius 2 is 1.73 bits per heavy atom. The van der Waals surface area contributed by atoms with Crippen LogP contribution < -0.4 is 10.6 Å². The minimum Gasteiger partial charge on any atom is -0.383 e. The van der Waals surface area contributed by atoms with Gasteiger partial charge in [-0.25, -0.2) is 13.8 Å². The fraction of sp³-hybridized carbons (Fsp3) is 0.100. The molecule has 0 spiro atoms. The van der Waals surface area contributed by atoms with E-state index in [4.69, 9.17) is 0 Å². The first-order valence-corrected chi connectivity index (χ1v) is 8.12. The van der Waals surface area contributed by atoms with Gasteiger partial charge in [0.2, 0.25) is 0 Å². The van der Waals surface area contributed by atoms with Crippen molar-refractivity contribution < 1.29 is 13.6 Å². The highest BCUT2D eigenvalue weighted by atomic mass is 19.1. The van der Waals surface area contributed by atoms with Crippen LogP contribution in [0, 0.1) is 11.6 Å². The summed E-state index contributed by atoms with van der Waals surface area (Å²) in [6.45, 7) is 0.559. The Hall–Kier alpha value is -3.28. The molecule has 0 aliphatic rings. The monoisotopic (exact) mass is 353 g/mol. The summed E-state index contributed by atoms with van der Waals surface area (Å²) in [5.41, 5.74) is 1.76. The minimum atomic E-state index is -0.398. The van der Waals surface area contributed by atoms with Gasteiger partial charge in [-0.05, 0) is 54.4 Å². The quantitative estimate of drug-likeness (QED) is 0.696. The van der Waals surface area contributed by atoms with Gasteiger partial charge in [0, 0.05) is 12.1 Å². The van der Waals surface area contributed by atoms with E-state index in [2.05, 4.69) is 15.6 Å². The van der Waals surface area contributed by atoms with Crippen LogP contribution in [0.15, 0.2) is 66.9 Å². The fourth-order valence-electron chi connectivity index (χ4n) is 2.40. The molecule has 3 rings (SSSR count). The van der Waals surface area contributed by atoms with Crippen molar-refractivity contribution in [1.82, 2.24) is 4.98 Å². The molecule has 1 amide bonds. The standard InChI is InChI=1S/C20H17F2N3O/c21-16-7-5-15(6-8-16)20(26)25-19-10-9-17(13-24-19)23-12-11-14-3-1-2-4-18(14)22/h1-10,13,23H,11-12H2,(H,24,25,26). The first-order chi connectivity index (χ1) is 12.6. The van der Waals surface area contributed by atoms with Crippen LogP contribution in [0.2, 0.25) is 0 Å². The van der Waals surface area contributed by atoms with Gasteiger partial charge in [0.15, 0.2) is 0 Å². The Kier molecular flexibility index (Phi) is 5.53. The molecule has 26 heavy (non-hydrogen) atoms. The number of hydrogen-bond acceptors (Lipinski definition) is 3. The Labute approximate surface area is 149 Å². The van der Waals surface area contributed by atoms with Crippen LogP contribution in [0.3, 0.4) is 0 Å². The van der Waals surface area contributed by atoms with Gasteiger partial charge in [-0.1, -0.05) is 18.2 Å². The second kappa shape index (κ2) is 8.20. The molecule has 0 aliphatic heterocycles. The molecule has 4 nitrogen and oxygen atoms in total. The lowest BCUT2D eigenvalue weighted by Crippen LogP contribution is -2.13. The maximum atomic E-state index is 13.6. The molecule has 0 atom stereocenters. The summed E-state index contributed by atoms with van der Waals surface area (Å²) < 4.78 is 26.4. The average molecular weight is 353 g/mol. The van der Waals surface area contributed by atoms with E-state index in [0.717, 1.165) is 5.69 Å². The van der Waals surface area contributed by atoms with Crippen molar-refractivity contribution in [1.29, 1.82) is 0 Å². The first kappa shape index (κ1) is 17.5. The molecular formula is C20H17F2N3O. The van der Waals surface area contributed by atoms with E-state index in [1.165, 1.54) is 30.3 Å². The van der Waals surface area contributed by atoms with Crippen LogP contribution in [0.1, 0.15) is 15.9 Å². The van der Waals surface area contributed by atoms with Crippen LogP contribution in [0.25, 0.3) is 0 Å². The molecule has 6 heteroatoms. The summed E-state index contributed by atoms with van der Waals surface area (Å²) in [5, 5.41) is 5.80. The number of anilines is 2. The third-order valence-electron chi connectivity index (χ3n) is 3.79. The number of nitrogens with zero attached hydrogens (tertiary/aromatic N) is 1. The summed E-state index contributed by atoms with van der Waals surface area (Å²) in [7, 11) is 0. The van der Waals surface area contributed by atoms with Gasteiger partial charge in [0.05, 0.1) is 11.9 Å². The van der Waals surface area contributed by atoms with Gasteiger partial charge in [-0.3, -0.25) is 4.79 Å². The molecule has 0 unspecified atom stereocenters. The number of hydrogen-bond donors (Lipinski definition) is 2. The lowest BCUT2D eigenvalue weighted by molar-refractivity contribution is 0.102. The average Bonchev–Trinajstić information content (AvgIpc) is 2.65. The molecule has 2 aromatic carbocycles. The second-order valence-electron chi connectivity index (χ2n) is 5.66. The van der Waals surface area contributed by atoms with Gasteiger partial charge >= 0.3 is 0 Å². The van der Waals surface area contributed by atoms with E-state index >= 15 is 0 Å². The molecule has 3 aromatic rings. The molecule has 132 valence electrons. The molecular weight excluding hydrogens is 336 g/mol. The number of pyridine rings is 1. The van der Waals surface area contributed by atoms with Crippen molar-refractivity contribution in [2.24, 2.45) is 0 Å². The topological polar surface area (TPSA) is 54.0 Å². The van der Waals surface area contributed by atoms with Gasteiger partial charge in [-0.2, -0.15) is 0 Å². The van der Waals surface area contributed by atoms with Crippen molar-refractivity contribution in [3.05, 3.63) is 89.6 Å². The Balaban J connectivity index is 1.52. The summed E-state index contributed by atoms with van der Waals surface area (Å²) in [6.07, 6.45) is 2.14. The number of aromatic nitrogens is 1. The zero-order valence-corrected chi connectivity index (χ0v) is 13.9. The van der Waals surface area contributed by atoms with Gasteiger partial charge in [0.1, 0.15) is 17.5 Å². The zero-order valence-electron chi connectivity index (χ0n) is 13.9. The molecule has 0 fully saturated rings. The molecule has 0 saturated heterocycles. The fourth-order valence-corrected chi connectivity index (χ4v) is 2.40. The summed E-state index contributed by atoms with van der Waals surface area (Å²) in [4.78, 5) is 16.2. The van der Waals surface area contributed by atoms with Gasteiger partial charge in [0.25, 0.3) is 5.91 Å². The second-order valence-corrected chi connectivity index (χ2v) is 5.66. The van der Waals surface area contributed by atoms with Crippen molar-refractivity contribution in [3.63, 3.8) is 0 Å². The smallest absolute Gasteiger partial charge is 0.256 e. The highest BCUT2D eigenvalue weighted by Crippen LogP contribution is 2.13. The molecule has 0 aliphatic carbocycles. The lowest BCUT2D eigenvalue weighted by atomic mass is 10.1. The first-order valence-electron chi connectivity index (χ1n) is 8.12. The van der Waals surface area contributed by atoms with Crippen molar-refractivity contribution in [2.45, 2.75) is 6.42 Å². The molecule has 0 saturated carbocycles. The minimum absolute atomic E-state index is 0.216. The summed E-state index contributed by atoms with van der Waals surface area (Å²) >= 11 is 0. The zero-order chi connectivity index (χ0) is 18.4. The van der Waals surface area contributed by atoms with Crippen LogP contribution in [-0.4, -0.2) is 17.4 Å². The van der Waals surface area contributed by atoms with Gasteiger partial charge < -0.3 is 10.6 Å². The largest absolute Gasteiger partial charge is 0.383 e. The number of benzene rings is 2.